The van der Waals surface area contributed by atoms with E-state index in [0.717, 1.165) is 4.47 Å². The van der Waals surface area contributed by atoms with Crippen molar-refractivity contribution in [3.8, 4) is 5.75 Å². The monoisotopic (exact) mass is 477 g/mol. The molecule has 5 nitrogen and oxygen atoms in total. The lowest BCUT2D eigenvalue weighted by atomic mass is 10.2. The van der Waals surface area contributed by atoms with Gasteiger partial charge in [-0.3, -0.25) is 4.79 Å². The van der Waals surface area contributed by atoms with E-state index >= 15 is 0 Å². The minimum atomic E-state index is -0.502. The number of ether oxygens (including phenoxy) is 1. The Balaban J connectivity index is 1.75. The first-order valence-corrected chi connectivity index (χ1v) is 10.9. The molecule has 1 aromatic heterocycles. The smallest absolute Gasteiger partial charge is 0.192 e. The summed E-state index contributed by atoms with van der Waals surface area (Å²) >= 11 is 4.70. The number of benzene rings is 2. The van der Waals surface area contributed by atoms with Gasteiger partial charge in [0.1, 0.15) is 0 Å². The number of rotatable bonds is 8. The van der Waals surface area contributed by atoms with E-state index in [1.807, 2.05) is 30.5 Å². The minimum absolute atomic E-state index is 0.0120. The first-order valence-electron chi connectivity index (χ1n) is 9.14. The van der Waals surface area contributed by atoms with Gasteiger partial charge in [-0.15, -0.1) is 10.2 Å². The lowest BCUT2D eigenvalue weighted by Gasteiger charge is -2.19. The Morgan fingerprint density at radius 1 is 1.14 bits per heavy atom. The van der Waals surface area contributed by atoms with E-state index in [1.165, 1.54) is 17.8 Å². The fourth-order valence-electron chi connectivity index (χ4n) is 2.78. The molecular formula is C21H21BrFN3O2S. The van der Waals surface area contributed by atoms with Crippen LogP contribution in [0.3, 0.4) is 0 Å². The van der Waals surface area contributed by atoms with Gasteiger partial charge in [-0.25, -0.2) is 4.39 Å². The van der Waals surface area contributed by atoms with Crippen molar-refractivity contribution in [3.63, 3.8) is 0 Å². The van der Waals surface area contributed by atoms with Gasteiger partial charge in [0.05, 0.1) is 5.75 Å². The second-order valence-corrected chi connectivity index (χ2v) is 8.57. The van der Waals surface area contributed by atoms with Gasteiger partial charge in [-0.2, -0.15) is 0 Å². The Morgan fingerprint density at radius 2 is 1.83 bits per heavy atom. The molecule has 0 N–H and O–H groups in total. The van der Waals surface area contributed by atoms with Crippen LogP contribution in [0.2, 0.25) is 0 Å². The lowest BCUT2D eigenvalue weighted by molar-refractivity contribution is 0.102. The van der Waals surface area contributed by atoms with Crippen LogP contribution in [0, 0.1) is 5.82 Å². The molecule has 0 saturated heterocycles. The van der Waals surface area contributed by atoms with Crippen LogP contribution in [0.1, 0.15) is 49.1 Å². The summed E-state index contributed by atoms with van der Waals surface area (Å²) in [5.74, 6) is 0.581. The molecule has 0 aliphatic rings. The molecule has 0 fully saturated rings. The van der Waals surface area contributed by atoms with Gasteiger partial charge >= 0.3 is 0 Å². The van der Waals surface area contributed by atoms with Crippen LogP contribution in [0.4, 0.5) is 4.39 Å². The number of thioether (sulfide) groups is 1. The molecule has 0 bridgehead atoms. The number of hydrogen-bond acceptors (Lipinski definition) is 5. The molecule has 29 heavy (non-hydrogen) atoms. The number of hydrogen-bond donors (Lipinski definition) is 0. The summed E-state index contributed by atoms with van der Waals surface area (Å²) in [4.78, 5) is 12.5. The van der Waals surface area contributed by atoms with Crippen LogP contribution in [0.15, 0.2) is 58.2 Å². The molecule has 0 spiro atoms. The van der Waals surface area contributed by atoms with Gasteiger partial charge in [-0.05, 0) is 45.0 Å². The molecule has 0 aliphatic heterocycles. The van der Waals surface area contributed by atoms with Crippen molar-refractivity contribution >= 4 is 33.5 Å². The summed E-state index contributed by atoms with van der Waals surface area (Å²) < 4.78 is 22.5. The number of Topliss-reactive ketones (excluding diaryl/α,β-unsaturated/α-hetero) is 1. The Bertz CT molecular complexity index is 992. The highest BCUT2D eigenvalue weighted by molar-refractivity contribution is 9.10. The number of carbonyl (C=O) groups excluding carboxylic acids is 1. The molecule has 1 unspecified atom stereocenters. The van der Waals surface area contributed by atoms with E-state index in [-0.39, 0.29) is 23.3 Å². The molecule has 152 valence electrons. The molecule has 0 saturated carbocycles. The summed E-state index contributed by atoms with van der Waals surface area (Å²) in [5.41, 5.74) is 0.646. The quantitative estimate of drug-likeness (QED) is 0.299. The Hall–Kier alpha value is -2.19. The van der Waals surface area contributed by atoms with E-state index < -0.39 is 11.9 Å². The van der Waals surface area contributed by atoms with E-state index in [9.17, 15) is 9.18 Å². The van der Waals surface area contributed by atoms with Crippen LogP contribution < -0.4 is 4.74 Å². The molecule has 0 aliphatic carbocycles. The first-order chi connectivity index (χ1) is 13.9. The van der Waals surface area contributed by atoms with Crippen LogP contribution in [0.25, 0.3) is 0 Å². The fraction of sp³-hybridized carbons (Fsp3) is 0.286. The number of carbonyl (C=O) groups is 1. The van der Waals surface area contributed by atoms with Crippen LogP contribution in [-0.4, -0.2) is 26.3 Å². The molecule has 2 aromatic carbocycles. The number of para-hydroxylation sites is 1. The van der Waals surface area contributed by atoms with E-state index in [1.54, 1.807) is 37.3 Å². The first kappa shape index (κ1) is 21.5. The highest BCUT2D eigenvalue weighted by atomic mass is 79.9. The molecular weight excluding hydrogens is 457 g/mol. The van der Waals surface area contributed by atoms with E-state index in [0.29, 0.717) is 16.5 Å². The van der Waals surface area contributed by atoms with Crippen LogP contribution in [-0.2, 0) is 0 Å². The summed E-state index contributed by atoms with van der Waals surface area (Å²) in [6.45, 7) is 5.81. The fourth-order valence-corrected chi connectivity index (χ4v) is 4.02. The maximum atomic E-state index is 13.9. The van der Waals surface area contributed by atoms with Gasteiger partial charge in [0.25, 0.3) is 0 Å². The Kier molecular flexibility index (Phi) is 7.08. The zero-order chi connectivity index (χ0) is 21.0. The number of nitrogens with zero attached hydrogens (tertiary/aromatic N) is 3. The SMILES string of the molecule is CC(Oc1ccccc1F)c1nnc(SCC(=O)c2ccc(Br)cc2)n1C(C)C. The summed E-state index contributed by atoms with van der Waals surface area (Å²) in [7, 11) is 0. The standard InChI is InChI=1S/C21H21BrFN3O2S/c1-13(2)26-20(14(3)28-19-7-5-4-6-17(19)23)24-25-21(26)29-12-18(27)15-8-10-16(22)11-9-15/h4-11,13-14H,12H2,1-3H3. The van der Waals surface area contributed by atoms with E-state index in [2.05, 4.69) is 26.1 Å². The van der Waals surface area contributed by atoms with E-state index in [4.69, 9.17) is 4.74 Å². The maximum Gasteiger partial charge on any atom is 0.192 e. The van der Waals surface area contributed by atoms with Gasteiger partial charge < -0.3 is 9.30 Å². The molecule has 8 heteroatoms. The molecule has 0 radical (unpaired) electrons. The van der Waals surface area contributed by atoms with Crippen LogP contribution >= 0.6 is 27.7 Å². The number of halogens is 2. The predicted molar refractivity (Wildman–Crippen MR) is 115 cm³/mol. The third-order valence-corrected chi connectivity index (χ3v) is 5.68. The predicted octanol–water partition coefficient (Wildman–Crippen LogP) is 5.88. The van der Waals surface area contributed by atoms with Crippen molar-refractivity contribution in [3.05, 3.63) is 70.2 Å². The van der Waals surface area contributed by atoms with Gasteiger partial charge in [-0.1, -0.05) is 52.0 Å². The summed E-state index contributed by atoms with van der Waals surface area (Å²) in [6.07, 6.45) is -0.502. The highest BCUT2D eigenvalue weighted by Gasteiger charge is 2.23. The average Bonchev–Trinajstić information content (AvgIpc) is 3.13. The van der Waals surface area contributed by atoms with Gasteiger partial charge in [0, 0.05) is 16.1 Å². The average molecular weight is 478 g/mol. The normalized spacial score (nSPS) is 12.2. The third-order valence-electron chi connectivity index (χ3n) is 4.21. The number of aromatic nitrogens is 3. The summed E-state index contributed by atoms with van der Waals surface area (Å²) in [5, 5.41) is 9.13. The zero-order valence-corrected chi connectivity index (χ0v) is 18.7. The Labute approximate surface area is 181 Å². The number of ketones is 1. The van der Waals surface area contributed by atoms with Crippen molar-refractivity contribution in [2.75, 3.05) is 5.75 Å². The second-order valence-electron chi connectivity index (χ2n) is 6.71. The van der Waals surface area contributed by atoms with Gasteiger partial charge in [0.2, 0.25) is 0 Å². The topological polar surface area (TPSA) is 57.0 Å². The highest BCUT2D eigenvalue weighted by Crippen LogP contribution is 2.29. The van der Waals surface area contributed by atoms with Crippen molar-refractivity contribution in [2.45, 2.75) is 38.1 Å². The van der Waals surface area contributed by atoms with Crippen LogP contribution in [0.5, 0.6) is 5.75 Å². The maximum absolute atomic E-state index is 13.9. The second kappa shape index (κ2) is 9.54. The zero-order valence-electron chi connectivity index (χ0n) is 16.3. The molecule has 0 amide bonds. The minimum Gasteiger partial charge on any atom is -0.480 e. The Morgan fingerprint density at radius 3 is 2.48 bits per heavy atom. The molecule has 1 heterocycles. The third kappa shape index (κ3) is 5.25. The van der Waals surface area contributed by atoms with Crippen molar-refractivity contribution < 1.29 is 13.9 Å². The van der Waals surface area contributed by atoms with Gasteiger partial charge in [0.15, 0.2) is 34.4 Å². The largest absolute Gasteiger partial charge is 0.480 e. The van der Waals surface area contributed by atoms with Crippen molar-refractivity contribution in [2.24, 2.45) is 0 Å². The van der Waals surface area contributed by atoms with Crippen molar-refractivity contribution in [1.29, 1.82) is 0 Å². The van der Waals surface area contributed by atoms with Crippen molar-refractivity contribution in [1.82, 2.24) is 14.8 Å². The molecule has 1 atom stereocenters. The summed E-state index contributed by atoms with van der Waals surface area (Å²) in [6, 6.07) is 13.6. The molecule has 3 aromatic rings. The molecule has 3 rings (SSSR count). The lowest BCUT2D eigenvalue weighted by Crippen LogP contribution is -2.15.